The number of carbonyl (C=O) groups excluding carboxylic acids is 1. The van der Waals surface area contributed by atoms with Gasteiger partial charge in [0.05, 0.1) is 10.6 Å². The Labute approximate surface area is 114 Å². The molecule has 0 unspecified atom stereocenters. The molecule has 1 aromatic carbocycles. The topological polar surface area (TPSA) is 102 Å². The largest absolute Gasteiger partial charge is 0.318 e. The zero-order valence-electron chi connectivity index (χ0n) is 10.1. The normalized spacial score (nSPS) is 11.1. The summed E-state index contributed by atoms with van der Waals surface area (Å²) in [5, 5.41) is 7.18. The molecule has 0 atom stereocenters. The molecule has 1 heterocycles. The van der Waals surface area contributed by atoms with Gasteiger partial charge in [-0.05, 0) is 30.3 Å². The molecule has 0 radical (unpaired) electrons. The number of halogens is 1. The second kappa shape index (κ2) is 5.35. The fraction of sp³-hybridized carbons (Fsp3) is 0. The molecule has 0 aliphatic rings. The Kier molecular flexibility index (Phi) is 3.77. The van der Waals surface area contributed by atoms with Crippen LogP contribution in [-0.4, -0.2) is 19.3 Å². The number of hydrogen-bond acceptors (Lipinski definition) is 4. The van der Waals surface area contributed by atoms with Crippen LogP contribution in [0.3, 0.4) is 0 Å². The minimum absolute atomic E-state index is 0.0768. The van der Waals surface area contributed by atoms with E-state index in [9.17, 15) is 17.6 Å². The van der Waals surface area contributed by atoms with E-state index in [0.717, 1.165) is 18.2 Å². The number of nitrogens with one attached hydrogen (secondary N) is 1. The van der Waals surface area contributed by atoms with E-state index < -0.39 is 21.7 Å². The summed E-state index contributed by atoms with van der Waals surface area (Å²) < 4.78 is 35.9. The van der Waals surface area contributed by atoms with E-state index in [1.54, 1.807) is 12.1 Å². The summed E-state index contributed by atoms with van der Waals surface area (Å²) in [5.41, 5.74) is -0.208. The van der Waals surface area contributed by atoms with Crippen molar-refractivity contribution in [1.82, 2.24) is 4.98 Å². The summed E-state index contributed by atoms with van der Waals surface area (Å²) in [5.74, 6) is -1.43. The molecule has 0 fully saturated rings. The van der Waals surface area contributed by atoms with Crippen molar-refractivity contribution >= 4 is 21.6 Å². The van der Waals surface area contributed by atoms with E-state index >= 15 is 0 Å². The van der Waals surface area contributed by atoms with Crippen molar-refractivity contribution < 1.29 is 17.6 Å². The lowest BCUT2D eigenvalue weighted by atomic mass is 10.3. The molecule has 1 amide bonds. The first-order valence-corrected chi connectivity index (χ1v) is 6.97. The molecule has 2 rings (SSSR count). The van der Waals surface area contributed by atoms with Crippen LogP contribution in [0.25, 0.3) is 0 Å². The molecule has 6 nitrogen and oxygen atoms in total. The number of primary sulfonamides is 1. The van der Waals surface area contributed by atoms with Gasteiger partial charge in [-0.3, -0.25) is 9.78 Å². The van der Waals surface area contributed by atoms with Gasteiger partial charge in [0.15, 0.2) is 0 Å². The van der Waals surface area contributed by atoms with Crippen molar-refractivity contribution in [3.8, 4) is 0 Å². The predicted molar refractivity (Wildman–Crippen MR) is 70.0 cm³/mol. The number of aromatic nitrogens is 1. The smallest absolute Gasteiger partial charge is 0.274 e. The number of sulfonamides is 1. The van der Waals surface area contributed by atoms with Crippen LogP contribution in [0.4, 0.5) is 10.1 Å². The molecule has 2 aromatic rings. The zero-order valence-corrected chi connectivity index (χ0v) is 10.9. The van der Waals surface area contributed by atoms with Crippen LogP contribution in [0.15, 0.2) is 47.5 Å². The number of amides is 1. The Hall–Kier alpha value is -2.32. The van der Waals surface area contributed by atoms with Crippen molar-refractivity contribution in [2.75, 3.05) is 5.32 Å². The maximum atomic E-state index is 13.6. The third-order valence-electron chi connectivity index (χ3n) is 2.41. The first-order valence-electron chi connectivity index (χ1n) is 5.42. The van der Waals surface area contributed by atoms with E-state index in [1.807, 2.05) is 0 Å². The Bertz CT molecular complexity index is 748. The van der Waals surface area contributed by atoms with Gasteiger partial charge in [-0.2, -0.15) is 0 Å². The predicted octanol–water partition coefficient (Wildman–Crippen LogP) is 1.12. The van der Waals surface area contributed by atoms with Crippen LogP contribution in [-0.2, 0) is 10.0 Å². The van der Waals surface area contributed by atoms with Crippen molar-refractivity contribution in [3.05, 3.63) is 54.1 Å². The van der Waals surface area contributed by atoms with E-state index in [1.165, 1.54) is 12.3 Å². The van der Waals surface area contributed by atoms with Crippen LogP contribution < -0.4 is 10.5 Å². The standard InChI is InChI=1S/C12H10FN3O3S/c13-9-5-4-8(20(14,18)19)7-11(9)16-12(17)10-3-1-2-6-15-10/h1-7H,(H,16,17)(H2,14,18,19). The fourth-order valence-electron chi connectivity index (χ4n) is 1.46. The maximum Gasteiger partial charge on any atom is 0.274 e. The van der Waals surface area contributed by atoms with Crippen LogP contribution in [0.5, 0.6) is 0 Å². The number of nitrogens with zero attached hydrogens (tertiary/aromatic N) is 1. The van der Waals surface area contributed by atoms with Crippen molar-refractivity contribution in [3.63, 3.8) is 0 Å². The Morgan fingerprint density at radius 2 is 2.00 bits per heavy atom. The minimum atomic E-state index is -3.98. The molecule has 0 spiro atoms. The Morgan fingerprint density at radius 1 is 1.25 bits per heavy atom. The summed E-state index contributed by atoms with van der Waals surface area (Å²) in [4.78, 5) is 15.3. The first kappa shape index (κ1) is 14.1. The lowest BCUT2D eigenvalue weighted by Crippen LogP contribution is -2.16. The number of rotatable bonds is 3. The molecule has 0 aliphatic carbocycles. The van der Waals surface area contributed by atoms with E-state index in [-0.39, 0.29) is 16.3 Å². The van der Waals surface area contributed by atoms with E-state index in [4.69, 9.17) is 5.14 Å². The minimum Gasteiger partial charge on any atom is -0.318 e. The number of pyridine rings is 1. The lowest BCUT2D eigenvalue weighted by molar-refractivity contribution is 0.102. The Balaban J connectivity index is 2.32. The molecule has 0 saturated heterocycles. The molecule has 1 aromatic heterocycles. The molecular formula is C12H10FN3O3S. The zero-order chi connectivity index (χ0) is 14.8. The van der Waals surface area contributed by atoms with Crippen molar-refractivity contribution in [1.29, 1.82) is 0 Å². The fourth-order valence-corrected chi connectivity index (χ4v) is 2.00. The van der Waals surface area contributed by atoms with Crippen LogP contribution in [0, 0.1) is 5.82 Å². The second-order valence-electron chi connectivity index (χ2n) is 3.86. The maximum absolute atomic E-state index is 13.6. The highest BCUT2D eigenvalue weighted by atomic mass is 32.2. The van der Waals surface area contributed by atoms with E-state index in [2.05, 4.69) is 10.3 Å². The molecule has 0 saturated carbocycles. The quantitative estimate of drug-likeness (QED) is 0.885. The van der Waals surface area contributed by atoms with Crippen LogP contribution in [0.1, 0.15) is 10.5 Å². The SMILES string of the molecule is NS(=O)(=O)c1ccc(F)c(NC(=O)c2ccccn2)c1. The number of hydrogen-bond donors (Lipinski definition) is 2. The molecule has 3 N–H and O–H groups in total. The van der Waals surface area contributed by atoms with Gasteiger partial charge in [-0.15, -0.1) is 0 Å². The third-order valence-corrected chi connectivity index (χ3v) is 3.32. The average molecular weight is 295 g/mol. The number of benzene rings is 1. The van der Waals surface area contributed by atoms with Gasteiger partial charge in [-0.25, -0.2) is 17.9 Å². The molecule has 0 aliphatic heterocycles. The number of anilines is 1. The molecule has 20 heavy (non-hydrogen) atoms. The summed E-state index contributed by atoms with van der Waals surface area (Å²) in [6.45, 7) is 0. The highest BCUT2D eigenvalue weighted by Crippen LogP contribution is 2.19. The molecule has 8 heteroatoms. The van der Waals surface area contributed by atoms with Gasteiger partial charge in [0, 0.05) is 6.20 Å². The van der Waals surface area contributed by atoms with Crippen molar-refractivity contribution in [2.24, 2.45) is 5.14 Å². The first-order chi connectivity index (χ1) is 9.38. The Morgan fingerprint density at radius 3 is 2.60 bits per heavy atom. The third kappa shape index (κ3) is 3.16. The summed E-state index contributed by atoms with van der Waals surface area (Å²) in [6, 6.07) is 7.54. The summed E-state index contributed by atoms with van der Waals surface area (Å²) in [6.07, 6.45) is 1.41. The lowest BCUT2D eigenvalue weighted by Gasteiger charge is -2.07. The highest BCUT2D eigenvalue weighted by Gasteiger charge is 2.14. The summed E-state index contributed by atoms with van der Waals surface area (Å²) in [7, 11) is -3.98. The van der Waals surface area contributed by atoms with Gasteiger partial charge < -0.3 is 5.32 Å². The van der Waals surface area contributed by atoms with Gasteiger partial charge in [0.1, 0.15) is 11.5 Å². The van der Waals surface area contributed by atoms with Crippen molar-refractivity contribution in [2.45, 2.75) is 4.90 Å². The van der Waals surface area contributed by atoms with Crippen LogP contribution >= 0.6 is 0 Å². The molecule has 104 valence electrons. The molecular weight excluding hydrogens is 285 g/mol. The monoisotopic (exact) mass is 295 g/mol. The average Bonchev–Trinajstić information content (AvgIpc) is 2.41. The van der Waals surface area contributed by atoms with Gasteiger partial charge in [0.25, 0.3) is 5.91 Å². The van der Waals surface area contributed by atoms with Gasteiger partial charge in [0.2, 0.25) is 10.0 Å². The van der Waals surface area contributed by atoms with Gasteiger partial charge in [-0.1, -0.05) is 6.07 Å². The second-order valence-corrected chi connectivity index (χ2v) is 5.42. The number of nitrogens with two attached hydrogens (primary N) is 1. The highest BCUT2D eigenvalue weighted by molar-refractivity contribution is 7.89. The molecule has 0 bridgehead atoms. The number of carbonyl (C=O) groups is 1. The van der Waals surface area contributed by atoms with E-state index in [0.29, 0.717) is 0 Å². The van der Waals surface area contributed by atoms with Crippen LogP contribution in [0.2, 0.25) is 0 Å². The van der Waals surface area contributed by atoms with Gasteiger partial charge >= 0.3 is 0 Å². The summed E-state index contributed by atoms with van der Waals surface area (Å²) >= 11 is 0.